The summed E-state index contributed by atoms with van der Waals surface area (Å²) in [5, 5.41) is 0. The molecule has 0 spiro atoms. The van der Waals surface area contributed by atoms with E-state index in [4.69, 9.17) is 23.7 Å². The maximum Gasteiger partial charge on any atom is 0.306 e. The number of ether oxygens (including phenoxy) is 6. The quantitative estimate of drug-likeness (QED) is 0.335. The zero-order valence-electron chi connectivity index (χ0n) is 17.4. The first-order valence-corrected chi connectivity index (χ1v) is 10.1. The number of carbonyl (C=O) groups is 5. The number of hydrogen-bond acceptors (Lipinski definition) is 12. The SMILES string of the molecule is COC(=O)CCS[C@@H]1O[C@@H]([C@@H](COC(C)=O)OC(C)=O)[C@H](OC(C)=O)[C@H]1OC(C)=O. The van der Waals surface area contributed by atoms with Crippen LogP contribution in [0.2, 0.25) is 0 Å². The first kappa shape index (κ1) is 25.7. The molecule has 0 aromatic rings. The van der Waals surface area contributed by atoms with Crippen LogP contribution < -0.4 is 0 Å². The summed E-state index contributed by atoms with van der Waals surface area (Å²) < 4.78 is 31.2. The molecule has 1 rings (SSSR count). The van der Waals surface area contributed by atoms with Gasteiger partial charge in [-0.2, -0.15) is 0 Å². The van der Waals surface area contributed by atoms with E-state index in [1.807, 2.05) is 0 Å². The van der Waals surface area contributed by atoms with Gasteiger partial charge in [-0.15, -0.1) is 11.8 Å². The van der Waals surface area contributed by atoms with E-state index in [1.165, 1.54) is 21.0 Å². The van der Waals surface area contributed by atoms with Crippen LogP contribution in [-0.4, -0.2) is 79.2 Å². The summed E-state index contributed by atoms with van der Waals surface area (Å²) in [6, 6.07) is 0. The normalized spacial score (nSPS) is 23.8. The fourth-order valence-electron chi connectivity index (χ4n) is 2.69. The third kappa shape index (κ3) is 8.57. The van der Waals surface area contributed by atoms with Gasteiger partial charge in [0.2, 0.25) is 0 Å². The molecule has 1 saturated heterocycles. The summed E-state index contributed by atoms with van der Waals surface area (Å²) >= 11 is 1.13. The fourth-order valence-corrected chi connectivity index (χ4v) is 3.82. The van der Waals surface area contributed by atoms with Crippen molar-refractivity contribution in [2.45, 2.75) is 64.0 Å². The minimum atomic E-state index is -1.14. The molecule has 1 heterocycles. The van der Waals surface area contributed by atoms with Gasteiger partial charge in [-0.3, -0.25) is 24.0 Å². The third-order valence-electron chi connectivity index (χ3n) is 3.76. The average Bonchev–Trinajstić information content (AvgIpc) is 2.94. The number of rotatable bonds is 10. The lowest BCUT2D eigenvalue weighted by Gasteiger charge is -2.27. The van der Waals surface area contributed by atoms with E-state index in [0.29, 0.717) is 0 Å². The minimum absolute atomic E-state index is 0.0670. The lowest BCUT2D eigenvalue weighted by molar-refractivity contribution is -0.176. The van der Waals surface area contributed by atoms with Crippen LogP contribution in [0.25, 0.3) is 0 Å². The van der Waals surface area contributed by atoms with Crippen LogP contribution in [0.4, 0.5) is 0 Å². The van der Waals surface area contributed by atoms with Crippen LogP contribution in [-0.2, 0) is 52.4 Å². The van der Waals surface area contributed by atoms with Crippen molar-refractivity contribution < 1.29 is 52.4 Å². The van der Waals surface area contributed by atoms with Crippen LogP contribution in [0.15, 0.2) is 0 Å². The van der Waals surface area contributed by atoms with E-state index in [-0.39, 0.29) is 18.8 Å². The van der Waals surface area contributed by atoms with Crippen molar-refractivity contribution in [2.24, 2.45) is 0 Å². The number of carbonyl (C=O) groups excluding carboxylic acids is 5. The molecule has 30 heavy (non-hydrogen) atoms. The van der Waals surface area contributed by atoms with E-state index in [1.54, 1.807) is 0 Å². The second-order valence-corrected chi connectivity index (χ2v) is 7.47. The predicted octanol–water partition coefficient (Wildman–Crippen LogP) is 0.366. The standard InChI is InChI=1S/C18H26O11S/c1-9(19)25-8-13(26-10(2)20)15-16(27-11(3)21)17(28-12(4)22)18(29-15)30-7-6-14(23)24-5/h13,15-18H,6-8H2,1-5H3/t13-,15+,16+,17-,18+/m1/s1. The summed E-state index contributed by atoms with van der Waals surface area (Å²) in [5.74, 6) is -2.80. The zero-order valence-corrected chi connectivity index (χ0v) is 18.2. The van der Waals surface area contributed by atoms with Crippen molar-refractivity contribution in [2.75, 3.05) is 19.5 Å². The number of esters is 5. The number of hydrogen-bond donors (Lipinski definition) is 0. The van der Waals surface area contributed by atoms with Gasteiger partial charge in [0.1, 0.15) is 18.1 Å². The van der Waals surface area contributed by atoms with Crippen molar-refractivity contribution in [3.8, 4) is 0 Å². The molecule has 1 fully saturated rings. The summed E-state index contributed by atoms with van der Waals surface area (Å²) in [5.41, 5.74) is -0.844. The molecule has 0 N–H and O–H groups in total. The topological polar surface area (TPSA) is 141 Å². The van der Waals surface area contributed by atoms with E-state index in [0.717, 1.165) is 25.6 Å². The highest BCUT2D eigenvalue weighted by Crippen LogP contribution is 2.36. The molecule has 0 unspecified atom stereocenters. The Bertz CT molecular complexity index is 650. The summed E-state index contributed by atoms with van der Waals surface area (Å²) in [6.45, 7) is 4.31. The van der Waals surface area contributed by atoms with E-state index < -0.39 is 59.7 Å². The Kier molecular flexibility index (Phi) is 10.6. The second kappa shape index (κ2) is 12.4. The van der Waals surface area contributed by atoms with Gasteiger partial charge in [-0.1, -0.05) is 0 Å². The van der Waals surface area contributed by atoms with Gasteiger partial charge >= 0.3 is 29.8 Å². The molecule has 1 aliphatic rings. The molecule has 170 valence electrons. The Balaban J connectivity index is 3.12. The van der Waals surface area contributed by atoms with E-state index in [2.05, 4.69) is 4.74 Å². The van der Waals surface area contributed by atoms with Gasteiger partial charge in [0.25, 0.3) is 0 Å². The van der Waals surface area contributed by atoms with Gasteiger partial charge in [0.15, 0.2) is 18.3 Å². The van der Waals surface area contributed by atoms with Crippen molar-refractivity contribution in [3.63, 3.8) is 0 Å². The molecule has 5 atom stereocenters. The first-order valence-electron chi connectivity index (χ1n) is 9.04. The molecule has 0 saturated carbocycles. The number of thioether (sulfide) groups is 1. The van der Waals surface area contributed by atoms with Crippen LogP contribution in [0.3, 0.4) is 0 Å². The summed E-state index contributed by atoms with van der Waals surface area (Å²) in [4.78, 5) is 57.4. The maximum absolute atomic E-state index is 11.7. The van der Waals surface area contributed by atoms with E-state index in [9.17, 15) is 24.0 Å². The maximum atomic E-state index is 11.7. The smallest absolute Gasteiger partial charge is 0.306 e. The predicted molar refractivity (Wildman–Crippen MR) is 101 cm³/mol. The van der Waals surface area contributed by atoms with Crippen LogP contribution in [0.1, 0.15) is 34.1 Å². The van der Waals surface area contributed by atoms with Crippen molar-refractivity contribution in [3.05, 3.63) is 0 Å². The molecule has 0 bridgehead atoms. The van der Waals surface area contributed by atoms with Crippen molar-refractivity contribution in [1.29, 1.82) is 0 Å². The van der Waals surface area contributed by atoms with Crippen LogP contribution >= 0.6 is 11.8 Å². The van der Waals surface area contributed by atoms with Crippen LogP contribution in [0, 0.1) is 0 Å². The lowest BCUT2D eigenvalue weighted by Crippen LogP contribution is -2.46. The fraction of sp³-hybridized carbons (Fsp3) is 0.722. The van der Waals surface area contributed by atoms with Crippen LogP contribution in [0.5, 0.6) is 0 Å². The van der Waals surface area contributed by atoms with Crippen molar-refractivity contribution in [1.82, 2.24) is 0 Å². The third-order valence-corrected chi connectivity index (χ3v) is 4.91. The Morgan fingerprint density at radius 2 is 1.50 bits per heavy atom. The molecule has 1 aliphatic heterocycles. The van der Waals surface area contributed by atoms with Gasteiger partial charge < -0.3 is 28.4 Å². The Morgan fingerprint density at radius 3 is 2.00 bits per heavy atom. The molecule has 0 radical (unpaired) electrons. The Hall–Kier alpha value is -2.34. The minimum Gasteiger partial charge on any atom is -0.469 e. The molecule has 0 aromatic heterocycles. The zero-order chi connectivity index (χ0) is 22.8. The Labute approximate surface area is 178 Å². The highest BCUT2D eigenvalue weighted by Gasteiger charge is 2.53. The summed E-state index contributed by atoms with van der Waals surface area (Å²) in [6.07, 6.45) is -4.33. The molecule has 12 heteroatoms. The summed E-state index contributed by atoms with van der Waals surface area (Å²) in [7, 11) is 1.26. The highest BCUT2D eigenvalue weighted by atomic mass is 32.2. The molecular formula is C18H26O11S. The highest BCUT2D eigenvalue weighted by molar-refractivity contribution is 7.99. The molecule has 0 amide bonds. The second-order valence-electron chi connectivity index (χ2n) is 6.26. The Morgan fingerprint density at radius 1 is 0.900 bits per heavy atom. The van der Waals surface area contributed by atoms with Gasteiger partial charge in [0.05, 0.1) is 13.5 Å². The average molecular weight is 450 g/mol. The molecule has 11 nitrogen and oxygen atoms in total. The number of methoxy groups -OCH3 is 1. The van der Waals surface area contributed by atoms with Gasteiger partial charge in [0, 0.05) is 33.4 Å². The lowest BCUT2D eigenvalue weighted by atomic mass is 10.1. The van der Waals surface area contributed by atoms with Gasteiger partial charge in [-0.05, 0) is 0 Å². The molecular weight excluding hydrogens is 424 g/mol. The largest absolute Gasteiger partial charge is 0.469 e. The molecule has 0 aliphatic carbocycles. The van der Waals surface area contributed by atoms with Gasteiger partial charge in [-0.25, -0.2) is 0 Å². The molecule has 0 aromatic carbocycles. The monoisotopic (exact) mass is 450 g/mol. The van der Waals surface area contributed by atoms with Crippen molar-refractivity contribution >= 4 is 41.6 Å². The van der Waals surface area contributed by atoms with E-state index >= 15 is 0 Å². The first-order chi connectivity index (χ1) is 14.0.